The van der Waals surface area contributed by atoms with E-state index in [4.69, 9.17) is 0 Å². The predicted octanol–water partition coefficient (Wildman–Crippen LogP) is 2.87. The van der Waals surface area contributed by atoms with E-state index in [1.54, 1.807) is 0 Å². The van der Waals surface area contributed by atoms with Crippen LogP contribution in [0.3, 0.4) is 0 Å². The van der Waals surface area contributed by atoms with Gasteiger partial charge in [0.25, 0.3) is 0 Å². The molecule has 3 aliphatic carbocycles. The number of hydrogen-bond donors (Lipinski definition) is 3. The molecular weight excluding hydrogens is 276 g/mol. The third kappa shape index (κ3) is 2.82. The Balaban J connectivity index is 1.85. The van der Waals surface area contributed by atoms with Gasteiger partial charge in [0.1, 0.15) is 0 Å². The van der Waals surface area contributed by atoms with Gasteiger partial charge in [-0.3, -0.25) is 0 Å². The van der Waals surface area contributed by atoms with E-state index in [0.717, 1.165) is 36.8 Å². The lowest BCUT2D eigenvalue weighted by Gasteiger charge is -2.42. The smallest absolute Gasteiger partial charge is 0.0600 e. The van der Waals surface area contributed by atoms with Crippen molar-refractivity contribution in [2.24, 2.45) is 11.3 Å². The molecule has 0 aromatic heterocycles. The minimum Gasteiger partial charge on any atom is -0.393 e. The second-order valence-corrected chi connectivity index (χ2v) is 7.65. The van der Waals surface area contributed by atoms with Crippen molar-refractivity contribution < 1.29 is 15.3 Å². The normalized spacial score (nSPS) is 46.3. The van der Waals surface area contributed by atoms with Gasteiger partial charge in [0.15, 0.2) is 0 Å². The van der Waals surface area contributed by atoms with Crippen LogP contribution in [0.5, 0.6) is 0 Å². The highest BCUT2D eigenvalue weighted by atomic mass is 16.3. The molecule has 3 rings (SSSR count). The van der Waals surface area contributed by atoms with Gasteiger partial charge in [-0.1, -0.05) is 36.8 Å². The van der Waals surface area contributed by atoms with E-state index in [1.165, 1.54) is 5.57 Å². The monoisotopic (exact) mass is 304 g/mol. The Hall–Kier alpha value is -0.900. The maximum absolute atomic E-state index is 10.3. The molecule has 3 aliphatic rings. The third-order valence-corrected chi connectivity index (χ3v) is 6.07. The van der Waals surface area contributed by atoms with Crippen LogP contribution < -0.4 is 0 Å². The summed E-state index contributed by atoms with van der Waals surface area (Å²) in [5.41, 5.74) is 3.31. The molecule has 0 aromatic rings. The summed E-state index contributed by atoms with van der Waals surface area (Å²) < 4.78 is 0. The first-order valence-corrected chi connectivity index (χ1v) is 8.52. The Labute approximate surface area is 133 Å². The standard InChI is InChI=1S/C19H28O3/c1-12-3-6-15(20)9-13(12)4-5-14-10-16(21)11-19(2)17(14)7-8-18(19)22/h4-5,15-18,20-22H,1,3,6-11H2,2H3/b13-4-,14-5+/t15-,16-,17-,18+,19-/m0/s1. The van der Waals surface area contributed by atoms with Crippen molar-refractivity contribution in [1.82, 2.24) is 0 Å². The maximum Gasteiger partial charge on any atom is 0.0600 e. The third-order valence-electron chi connectivity index (χ3n) is 6.07. The van der Waals surface area contributed by atoms with Gasteiger partial charge in [-0.25, -0.2) is 0 Å². The maximum atomic E-state index is 10.3. The van der Waals surface area contributed by atoms with E-state index in [1.807, 2.05) is 0 Å². The van der Waals surface area contributed by atoms with Crippen molar-refractivity contribution in [2.45, 2.75) is 70.2 Å². The molecule has 0 aliphatic heterocycles. The molecule has 0 bridgehead atoms. The molecule has 0 spiro atoms. The van der Waals surface area contributed by atoms with Crippen LogP contribution in [0, 0.1) is 11.3 Å². The highest BCUT2D eigenvalue weighted by Gasteiger charge is 2.50. The van der Waals surface area contributed by atoms with Crippen molar-refractivity contribution in [2.75, 3.05) is 0 Å². The first-order valence-electron chi connectivity index (χ1n) is 8.52. The molecule has 0 heterocycles. The van der Waals surface area contributed by atoms with Crippen molar-refractivity contribution in [3.05, 3.63) is 35.5 Å². The van der Waals surface area contributed by atoms with E-state index in [0.29, 0.717) is 25.2 Å². The summed E-state index contributed by atoms with van der Waals surface area (Å²) in [6.45, 7) is 6.22. The average Bonchev–Trinajstić information content (AvgIpc) is 2.75. The minimum atomic E-state index is -0.362. The van der Waals surface area contributed by atoms with Gasteiger partial charge >= 0.3 is 0 Å². The van der Waals surface area contributed by atoms with Crippen LogP contribution in [0.2, 0.25) is 0 Å². The molecule has 0 saturated heterocycles. The molecule has 3 saturated carbocycles. The molecule has 3 N–H and O–H groups in total. The Morgan fingerprint density at radius 1 is 1.05 bits per heavy atom. The van der Waals surface area contributed by atoms with Gasteiger partial charge in [0.2, 0.25) is 0 Å². The summed E-state index contributed by atoms with van der Waals surface area (Å²) in [7, 11) is 0. The molecule has 3 heteroatoms. The molecule has 3 fully saturated rings. The lowest BCUT2D eigenvalue weighted by molar-refractivity contribution is -0.0155. The van der Waals surface area contributed by atoms with Crippen LogP contribution in [0.25, 0.3) is 0 Å². The number of rotatable bonds is 1. The van der Waals surface area contributed by atoms with Crippen LogP contribution >= 0.6 is 0 Å². The molecule has 22 heavy (non-hydrogen) atoms. The molecule has 5 atom stereocenters. The molecule has 0 radical (unpaired) electrons. The fourth-order valence-corrected chi connectivity index (χ4v) is 4.68. The van der Waals surface area contributed by atoms with Crippen LogP contribution in [0.1, 0.15) is 51.9 Å². The van der Waals surface area contributed by atoms with E-state index in [2.05, 4.69) is 25.7 Å². The SMILES string of the molecule is C=C1CC[C@H](O)C/C1=C/C=C1\C[C@H](O)C[C@]2(C)[C@H](O)CC[C@@H]12. The highest BCUT2D eigenvalue weighted by Crippen LogP contribution is 2.54. The van der Waals surface area contributed by atoms with Crippen molar-refractivity contribution in [3.63, 3.8) is 0 Å². The number of hydrogen-bond acceptors (Lipinski definition) is 3. The molecule has 0 unspecified atom stereocenters. The van der Waals surface area contributed by atoms with Gasteiger partial charge in [0.05, 0.1) is 18.3 Å². The van der Waals surface area contributed by atoms with Gasteiger partial charge in [-0.2, -0.15) is 0 Å². The molecule has 3 nitrogen and oxygen atoms in total. The summed E-state index contributed by atoms with van der Waals surface area (Å²) in [4.78, 5) is 0. The van der Waals surface area contributed by atoms with Crippen LogP contribution in [-0.2, 0) is 0 Å². The molecular formula is C19H28O3. The summed E-state index contributed by atoms with van der Waals surface area (Å²) in [5.74, 6) is 0.365. The van der Waals surface area contributed by atoms with Gasteiger partial charge in [0, 0.05) is 5.41 Å². The quantitative estimate of drug-likeness (QED) is 0.698. The Morgan fingerprint density at radius 3 is 2.59 bits per heavy atom. The van der Waals surface area contributed by atoms with E-state index >= 15 is 0 Å². The van der Waals surface area contributed by atoms with E-state index in [9.17, 15) is 15.3 Å². The fraction of sp³-hybridized carbons (Fsp3) is 0.684. The van der Waals surface area contributed by atoms with Crippen LogP contribution in [0.4, 0.5) is 0 Å². The lowest BCUT2D eigenvalue weighted by atomic mass is 9.65. The first-order chi connectivity index (χ1) is 10.4. The van der Waals surface area contributed by atoms with E-state index < -0.39 is 0 Å². The van der Waals surface area contributed by atoms with Crippen LogP contribution in [0.15, 0.2) is 35.5 Å². The zero-order valence-electron chi connectivity index (χ0n) is 13.5. The topological polar surface area (TPSA) is 60.7 Å². The molecule has 0 amide bonds. The fourth-order valence-electron chi connectivity index (χ4n) is 4.68. The number of allylic oxidation sites excluding steroid dienone is 3. The second-order valence-electron chi connectivity index (χ2n) is 7.65. The molecule has 0 aromatic carbocycles. The lowest BCUT2D eigenvalue weighted by Crippen LogP contribution is -2.41. The largest absolute Gasteiger partial charge is 0.393 e. The van der Waals surface area contributed by atoms with Gasteiger partial charge < -0.3 is 15.3 Å². The van der Waals surface area contributed by atoms with Gasteiger partial charge in [-0.15, -0.1) is 0 Å². The number of aliphatic hydroxyl groups excluding tert-OH is 3. The predicted molar refractivity (Wildman–Crippen MR) is 87.2 cm³/mol. The Bertz CT molecular complexity index is 519. The summed E-state index contributed by atoms with van der Waals surface area (Å²) in [6.07, 6.45) is 8.84. The Morgan fingerprint density at radius 2 is 1.82 bits per heavy atom. The zero-order valence-corrected chi connectivity index (χ0v) is 13.5. The average molecular weight is 304 g/mol. The first kappa shape index (κ1) is 16.0. The van der Waals surface area contributed by atoms with E-state index in [-0.39, 0.29) is 23.7 Å². The highest BCUT2D eigenvalue weighted by molar-refractivity contribution is 5.36. The summed E-state index contributed by atoms with van der Waals surface area (Å²) in [6, 6.07) is 0. The zero-order chi connectivity index (χ0) is 15.9. The summed E-state index contributed by atoms with van der Waals surface area (Å²) >= 11 is 0. The molecule has 122 valence electrons. The second kappa shape index (κ2) is 5.95. The van der Waals surface area contributed by atoms with Crippen LogP contribution in [-0.4, -0.2) is 33.6 Å². The Kier molecular flexibility index (Phi) is 4.32. The summed E-state index contributed by atoms with van der Waals surface area (Å²) in [5, 5.41) is 30.3. The number of fused-ring (bicyclic) bond motifs is 1. The minimum absolute atomic E-state index is 0.189. The van der Waals surface area contributed by atoms with Crippen molar-refractivity contribution in [3.8, 4) is 0 Å². The van der Waals surface area contributed by atoms with Gasteiger partial charge in [-0.05, 0) is 56.4 Å². The number of aliphatic hydroxyl groups is 3. The van der Waals surface area contributed by atoms with Crippen molar-refractivity contribution >= 4 is 0 Å². The van der Waals surface area contributed by atoms with Crippen molar-refractivity contribution in [1.29, 1.82) is 0 Å².